The van der Waals surface area contributed by atoms with Crippen molar-refractivity contribution in [2.45, 2.75) is 24.9 Å². The average molecular weight is 395 g/mol. The Bertz CT molecular complexity index is 1050. The second kappa shape index (κ2) is 8.77. The fourth-order valence-corrected chi connectivity index (χ4v) is 3.61. The highest BCUT2D eigenvalue weighted by atomic mass is 32.2. The normalized spacial score (nSPS) is 11.2. The molecule has 0 atom stereocenters. The first-order valence-corrected chi connectivity index (χ1v) is 10.3. The molecule has 1 heterocycles. The van der Waals surface area contributed by atoms with Crippen LogP contribution in [0.2, 0.25) is 0 Å². The maximum Gasteiger partial charge on any atom is 0.251 e. The number of nitrogens with one attached hydrogen (secondary N) is 2. The third kappa shape index (κ3) is 5.25. The van der Waals surface area contributed by atoms with Crippen LogP contribution in [-0.4, -0.2) is 19.3 Å². The van der Waals surface area contributed by atoms with E-state index in [0.717, 1.165) is 16.8 Å². The number of carbonyl (C=O) groups excluding carboxylic acids is 1. The molecule has 0 saturated heterocycles. The van der Waals surface area contributed by atoms with Crippen LogP contribution in [0.1, 0.15) is 27.2 Å². The summed E-state index contributed by atoms with van der Waals surface area (Å²) in [4.78, 5) is 16.5. The van der Waals surface area contributed by atoms with Crippen molar-refractivity contribution in [1.82, 2.24) is 15.0 Å². The Labute approximate surface area is 164 Å². The number of carbonyl (C=O) groups is 1. The van der Waals surface area contributed by atoms with Crippen molar-refractivity contribution >= 4 is 15.9 Å². The van der Waals surface area contributed by atoms with E-state index < -0.39 is 10.0 Å². The summed E-state index contributed by atoms with van der Waals surface area (Å²) in [6.45, 7) is 2.42. The number of hydrogen-bond donors (Lipinski definition) is 2. The molecule has 28 heavy (non-hydrogen) atoms. The van der Waals surface area contributed by atoms with E-state index in [9.17, 15) is 13.2 Å². The molecule has 0 spiro atoms. The first kappa shape index (κ1) is 19.7. The average Bonchev–Trinajstić information content (AvgIpc) is 2.72. The molecule has 6 nitrogen and oxygen atoms in total. The standard InChI is InChI=1S/C21H21N3O3S/c1-16-8-10-17(11-9-16)14-24-28(26,27)20-7-4-5-18(13-20)21(25)23-15-19-6-2-3-12-22-19/h2-13,24H,14-15H2,1H3,(H,23,25). The predicted molar refractivity (Wildman–Crippen MR) is 107 cm³/mol. The van der Waals surface area contributed by atoms with Crippen LogP contribution in [-0.2, 0) is 23.1 Å². The van der Waals surface area contributed by atoms with Gasteiger partial charge in [-0.2, -0.15) is 0 Å². The van der Waals surface area contributed by atoms with Crippen molar-refractivity contribution in [2.75, 3.05) is 0 Å². The van der Waals surface area contributed by atoms with E-state index in [2.05, 4.69) is 15.0 Å². The lowest BCUT2D eigenvalue weighted by Gasteiger charge is -2.09. The second-order valence-electron chi connectivity index (χ2n) is 6.34. The molecule has 1 amide bonds. The van der Waals surface area contributed by atoms with E-state index >= 15 is 0 Å². The summed E-state index contributed by atoms with van der Waals surface area (Å²) in [7, 11) is -3.73. The molecule has 2 aromatic carbocycles. The van der Waals surface area contributed by atoms with Crippen LogP contribution in [0, 0.1) is 6.92 Å². The van der Waals surface area contributed by atoms with Gasteiger partial charge in [-0.15, -0.1) is 0 Å². The van der Waals surface area contributed by atoms with Gasteiger partial charge in [0, 0.05) is 18.3 Å². The van der Waals surface area contributed by atoms with Gasteiger partial charge in [-0.25, -0.2) is 13.1 Å². The van der Waals surface area contributed by atoms with E-state index in [1.54, 1.807) is 30.5 Å². The van der Waals surface area contributed by atoms with Gasteiger partial charge in [0.2, 0.25) is 10.0 Å². The quantitative estimate of drug-likeness (QED) is 0.644. The predicted octanol–water partition coefficient (Wildman–Crippen LogP) is 2.80. The van der Waals surface area contributed by atoms with Crippen molar-refractivity contribution in [3.05, 3.63) is 95.3 Å². The van der Waals surface area contributed by atoms with Crippen molar-refractivity contribution in [1.29, 1.82) is 0 Å². The van der Waals surface area contributed by atoms with Crippen molar-refractivity contribution in [2.24, 2.45) is 0 Å². The summed E-state index contributed by atoms with van der Waals surface area (Å²) in [5, 5.41) is 2.74. The number of pyridine rings is 1. The molecule has 3 aromatic rings. The van der Waals surface area contributed by atoms with E-state index in [4.69, 9.17) is 0 Å². The van der Waals surface area contributed by atoms with Gasteiger partial charge in [0.25, 0.3) is 5.91 Å². The number of nitrogens with zero attached hydrogens (tertiary/aromatic N) is 1. The minimum absolute atomic E-state index is 0.0464. The molecule has 3 rings (SSSR count). The largest absolute Gasteiger partial charge is 0.346 e. The zero-order valence-electron chi connectivity index (χ0n) is 15.4. The van der Waals surface area contributed by atoms with Crippen molar-refractivity contribution in [3.63, 3.8) is 0 Å². The molecule has 0 fully saturated rings. The Morgan fingerprint density at radius 3 is 2.46 bits per heavy atom. The summed E-state index contributed by atoms with van der Waals surface area (Å²) in [5.74, 6) is -0.360. The molecule has 2 N–H and O–H groups in total. The lowest BCUT2D eigenvalue weighted by atomic mass is 10.2. The highest BCUT2D eigenvalue weighted by Gasteiger charge is 2.16. The van der Waals surface area contributed by atoms with E-state index in [-0.39, 0.29) is 29.5 Å². The molecule has 7 heteroatoms. The van der Waals surface area contributed by atoms with Crippen molar-refractivity contribution in [3.8, 4) is 0 Å². The van der Waals surface area contributed by atoms with Gasteiger partial charge in [0.15, 0.2) is 0 Å². The SMILES string of the molecule is Cc1ccc(CNS(=O)(=O)c2cccc(C(=O)NCc3ccccn3)c2)cc1. The molecular weight excluding hydrogens is 374 g/mol. The lowest BCUT2D eigenvalue weighted by Crippen LogP contribution is -2.25. The monoisotopic (exact) mass is 395 g/mol. The third-order valence-electron chi connectivity index (χ3n) is 4.15. The van der Waals surface area contributed by atoms with Gasteiger partial charge < -0.3 is 5.32 Å². The Balaban J connectivity index is 1.67. The zero-order valence-corrected chi connectivity index (χ0v) is 16.2. The number of benzene rings is 2. The Hall–Kier alpha value is -3.03. The molecule has 0 bridgehead atoms. The second-order valence-corrected chi connectivity index (χ2v) is 8.11. The number of aromatic nitrogens is 1. The van der Waals surface area contributed by atoms with Gasteiger partial charge >= 0.3 is 0 Å². The molecule has 0 saturated carbocycles. The van der Waals surface area contributed by atoms with Gasteiger partial charge in [0.05, 0.1) is 17.1 Å². The topological polar surface area (TPSA) is 88.2 Å². The molecule has 0 aliphatic carbocycles. The van der Waals surface area contributed by atoms with E-state index in [1.165, 1.54) is 12.1 Å². The van der Waals surface area contributed by atoms with Crippen LogP contribution in [0.15, 0.2) is 77.8 Å². The van der Waals surface area contributed by atoms with Gasteiger partial charge in [-0.05, 0) is 42.8 Å². The zero-order chi connectivity index (χ0) is 20.0. The molecule has 0 aliphatic rings. The van der Waals surface area contributed by atoms with Gasteiger partial charge in [-0.1, -0.05) is 42.0 Å². The molecule has 144 valence electrons. The Morgan fingerprint density at radius 2 is 1.75 bits per heavy atom. The number of amides is 1. The fourth-order valence-electron chi connectivity index (χ4n) is 2.55. The third-order valence-corrected chi connectivity index (χ3v) is 5.55. The van der Waals surface area contributed by atoms with Crippen LogP contribution < -0.4 is 10.0 Å². The fraction of sp³-hybridized carbons (Fsp3) is 0.143. The summed E-state index contributed by atoms with van der Waals surface area (Å²) in [6, 6.07) is 19.0. The molecule has 0 unspecified atom stereocenters. The van der Waals surface area contributed by atoms with Crippen LogP contribution in [0.25, 0.3) is 0 Å². The minimum atomic E-state index is -3.73. The lowest BCUT2D eigenvalue weighted by molar-refractivity contribution is 0.0950. The maximum absolute atomic E-state index is 12.6. The highest BCUT2D eigenvalue weighted by molar-refractivity contribution is 7.89. The number of rotatable bonds is 7. The first-order chi connectivity index (χ1) is 13.4. The summed E-state index contributed by atoms with van der Waals surface area (Å²) < 4.78 is 27.7. The van der Waals surface area contributed by atoms with E-state index in [1.807, 2.05) is 37.3 Å². The first-order valence-electron chi connectivity index (χ1n) is 8.77. The molecular formula is C21H21N3O3S. The molecule has 0 aliphatic heterocycles. The summed E-state index contributed by atoms with van der Waals surface area (Å²) >= 11 is 0. The van der Waals surface area contributed by atoms with Crippen LogP contribution in [0.4, 0.5) is 0 Å². The Morgan fingerprint density at radius 1 is 0.964 bits per heavy atom. The number of aryl methyl sites for hydroxylation is 1. The smallest absolute Gasteiger partial charge is 0.251 e. The van der Waals surface area contributed by atoms with Crippen molar-refractivity contribution < 1.29 is 13.2 Å². The van der Waals surface area contributed by atoms with Gasteiger partial charge in [0.1, 0.15) is 0 Å². The number of sulfonamides is 1. The van der Waals surface area contributed by atoms with Crippen LogP contribution in [0.3, 0.4) is 0 Å². The summed E-state index contributed by atoms with van der Waals surface area (Å²) in [5.41, 5.74) is 2.96. The van der Waals surface area contributed by atoms with Crippen LogP contribution in [0.5, 0.6) is 0 Å². The van der Waals surface area contributed by atoms with E-state index in [0.29, 0.717) is 0 Å². The Kier molecular flexibility index (Phi) is 6.18. The highest BCUT2D eigenvalue weighted by Crippen LogP contribution is 2.13. The maximum atomic E-state index is 12.6. The molecule has 0 radical (unpaired) electrons. The molecule has 1 aromatic heterocycles. The summed E-state index contributed by atoms with van der Waals surface area (Å²) in [6.07, 6.45) is 1.65. The van der Waals surface area contributed by atoms with Gasteiger partial charge in [-0.3, -0.25) is 9.78 Å². The number of hydrogen-bond acceptors (Lipinski definition) is 4. The minimum Gasteiger partial charge on any atom is -0.346 e. The van der Waals surface area contributed by atoms with Crippen LogP contribution >= 0.6 is 0 Å².